The van der Waals surface area contributed by atoms with Crippen LogP contribution in [0.25, 0.3) is 0 Å². The number of nitrogens with two attached hydrogens (primary N) is 1. The van der Waals surface area contributed by atoms with E-state index in [1.54, 1.807) is 25.1 Å². The van der Waals surface area contributed by atoms with Crippen molar-refractivity contribution < 1.29 is 14.6 Å². The summed E-state index contributed by atoms with van der Waals surface area (Å²) in [7, 11) is 1.54. The number of rotatable bonds is 6. The average Bonchev–Trinajstić information content (AvgIpc) is 2.34. The maximum absolute atomic E-state index is 11.9. The van der Waals surface area contributed by atoms with E-state index in [0.717, 1.165) is 6.42 Å². The smallest absolute Gasteiger partial charge is 0.253 e. The van der Waals surface area contributed by atoms with Gasteiger partial charge in [0.1, 0.15) is 5.75 Å². The van der Waals surface area contributed by atoms with Gasteiger partial charge >= 0.3 is 0 Å². The molecule has 1 unspecified atom stereocenters. The number of nitrogen functional groups attached to an aromatic ring is 1. The molecule has 100 valence electrons. The minimum Gasteiger partial charge on any atom is -0.497 e. The van der Waals surface area contributed by atoms with Gasteiger partial charge in [-0.25, -0.2) is 0 Å². The second-order valence-corrected chi connectivity index (χ2v) is 4.20. The molecule has 0 saturated carbocycles. The van der Waals surface area contributed by atoms with Crippen LogP contribution < -0.4 is 15.8 Å². The molecule has 0 spiro atoms. The highest BCUT2D eigenvalue weighted by atomic mass is 16.5. The molecular formula is C13H20N2O3. The summed E-state index contributed by atoms with van der Waals surface area (Å²) in [6.07, 6.45) is 1.05. The first kappa shape index (κ1) is 14.3. The van der Waals surface area contributed by atoms with Crippen LogP contribution in [0, 0.1) is 0 Å². The molecule has 0 fully saturated rings. The molecule has 0 aliphatic heterocycles. The van der Waals surface area contributed by atoms with E-state index in [-0.39, 0.29) is 12.0 Å². The molecule has 5 heteroatoms. The van der Waals surface area contributed by atoms with Crippen molar-refractivity contribution in [3.05, 3.63) is 23.8 Å². The van der Waals surface area contributed by atoms with Gasteiger partial charge in [0.05, 0.1) is 18.8 Å². The topological polar surface area (TPSA) is 84.6 Å². The summed E-state index contributed by atoms with van der Waals surface area (Å²) in [5.41, 5.74) is 6.57. The fourth-order valence-corrected chi connectivity index (χ4v) is 1.55. The Labute approximate surface area is 107 Å². The Morgan fingerprint density at radius 3 is 2.89 bits per heavy atom. The molecule has 0 bridgehead atoms. The lowest BCUT2D eigenvalue weighted by Crippen LogP contribution is -2.25. The second-order valence-electron chi connectivity index (χ2n) is 4.20. The van der Waals surface area contributed by atoms with E-state index < -0.39 is 0 Å². The number of hydrogen-bond donors (Lipinski definition) is 3. The van der Waals surface area contributed by atoms with E-state index in [0.29, 0.717) is 30.0 Å². The summed E-state index contributed by atoms with van der Waals surface area (Å²) >= 11 is 0. The van der Waals surface area contributed by atoms with Crippen molar-refractivity contribution in [2.75, 3.05) is 19.4 Å². The van der Waals surface area contributed by atoms with Gasteiger partial charge in [0.25, 0.3) is 5.91 Å². The first-order chi connectivity index (χ1) is 8.54. The zero-order valence-corrected chi connectivity index (χ0v) is 10.8. The molecule has 1 rings (SSSR count). The number of aliphatic hydroxyl groups is 1. The van der Waals surface area contributed by atoms with Gasteiger partial charge in [-0.05, 0) is 38.0 Å². The summed E-state index contributed by atoms with van der Waals surface area (Å²) in [6, 6.07) is 4.96. The molecule has 5 nitrogen and oxygen atoms in total. The van der Waals surface area contributed by atoms with Crippen molar-refractivity contribution in [2.45, 2.75) is 25.9 Å². The lowest BCUT2D eigenvalue weighted by Gasteiger charge is -2.09. The third-order valence-electron chi connectivity index (χ3n) is 2.59. The Kier molecular flexibility index (Phi) is 5.45. The summed E-state index contributed by atoms with van der Waals surface area (Å²) in [5, 5.41) is 11.9. The van der Waals surface area contributed by atoms with Crippen LogP contribution >= 0.6 is 0 Å². The molecule has 0 aliphatic carbocycles. The Bertz CT molecular complexity index is 405. The van der Waals surface area contributed by atoms with Crippen LogP contribution in [0.15, 0.2) is 18.2 Å². The molecule has 1 atom stereocenters. The van der Waals surface area contributed by atoms with E-state index in [1.807, 2.05) is 0 Å². The molecule has 0 saturated heterocycles. The van der Waals surface area contributed by atoms with Crippen LogP contribution in [0.1, 0.15) is 30.1 Å². The van der Waals surface area contributed by atoms with E-state index in [1.165, 1.54) is 7.11 Å². The van der Waals surface area contributed by atoms with Gasteiger partial charge in [0, 0.05) is 12.2 Å². The van der Waals surface area contributed by atoms with Crippen LogP contribution in [0.3, 0.4) is 0 Å². The van der Waals surface area contributed by atoms with Crippen molar-refractivity contribution in [2.24, 2.45) is 0 Å². The number of nitrogens with one attached hydrogen (secondary N) is 1. The van der Waals surface area contributed by atoms with Gasteiger partial charge in [-0.15, -0.1) is 0 Å². The van der Waals surface area contributed by atoms with Crippen molar-refractivity contribution in [3.63, 3.8) is 0 Å². The summed E-state index contributed by atoms with van der Waals surface area (Å²) < 4.78 is 5.05. The largest absolute Gasteiger partial charge is 0.497 e. The van der Waals surface area contributed by atoms with Gasteiger partial charge in [0.15, 0.2) is 0 Å². The van der Waals surface area contributed by atoms with Crippen molar-refractivity contribution in [1.82, 2.24) is 5.32 Å². The SMILES string of the molecule is COc1ccc(N)c(C(=O)NCCCC(C)O)c1. The van der Waals surface area contributed by atoms with Crippen LogP contribution in [0.4, 0.5) is 5.69 Å². The van der Waals surface area contributed by atoms with Crippen molar-refractivity contribution in [3.8, 4) is 5.75 Å². The standard InChI is InChI=1S/C13H20N2O3/c1-9(16)4-3-7-15-13(17)11-8-10(18-2)5-6-12(11)14/h5-6,8-9,16H,3-4,7,14H2,1-2H3,(H,15,17). The normalized spacial score (nSPS) is 11.9. The number of amides is 1. The molecule has 0 aliphatic rings. The number of hydrogen-bond acceptors (Lipinski definition) is 4. The highest BCUT2D eigenvalue weighted by Gasteiger charge is 2.10. The quantitative estimate of drug-likeness (QED) is 0.524. The zero-order chi connectivity index (χ0) is 13.5. The molecule has 4 N–H and O–H groups in total. The highest BCUT2D eigenvalue weighted by Crippen LogP contribution is 2.19. The first-order valence-electron chi connectivity index (χ1n) is 5.94. The van der Waals surface area contributed by atoms with Crippen molar-refractivity contribution >= 4 is 11.6 Å². The van der Waals surface area contributed by atoms with Crippen LogP contribution in [0.2, 0.25) is 0 Å². The third-order valence-corrected chi connectivity index (χ3v) is 2.59. The number of aliphatic hydroxyl groups excluding tert-OH is 1. The number of anilines is 1. The minimum absolute atomic E-state index is 0.225. The monoisotopic (exact) mass is 252 g/mol. The molecule has 0 radical (unpaired) electrons. The number of ether oxygens (including phenoxy) is 1. The molecular weight excluding hydrogens is 232 g/mol. The lowest BCUT2D eigenvalue weighted by atomic mass is 10.1. The van der Waals surface area contributed by atoms with E-state index in [9.17, 15) is 4.79 Å². The Balaban J connectivity index is 2.55. The summed E-state index contributed by atoms with van der Waals surface area (Å²) in [5.74, 6) is 0.371. The molecule has 0 aromatic heterocycles. The van der Waals surface area contributed by atoms with Crippen LogP contribution in [0.5, 0.6) is 5.75 Å². The predicted molar refractivity (Wildman–Crippen MR) is 70.7 cm³/mol. The number of carbonyl (C=O) groups is 1. The maximum Gasteiger partial charge on any atom is 0.253 e. The Hall–Kier alpha value is -1.75. The third kappa shape index (κ3) is 4.25. The van der Waals surface area contributed by atoms with Gasteiger partial charge in [-0.1, -0.05) is 0 Å². The van der Waals surface area contributed by atoms with E-state index in [4.69, 9.17) is 15.6 Å². The first-order valence-corrected chi connectivity index (χ1v) is 5.94. The minimum atomic E-state index is -0.344. The summed E-state index contributed by atoms with van der Waals surface area (Å²) in [4.78, 5) is 11.9. The Morgan fingerprint density at radius 2 is 2.28 bits per heavy atom. The zero-order valence-electron chi connectivity index (χ0n) is 10.8. The highest BCUT2D eigenvalue weighted by molar-refractivity contribution is 5.99. The number of benzene rings is 1. The van der Waals surface area contributed by atoms with E-state index in [2.05, 4.69) is 5.32 Å². The molecule has 18 heavy (non-hydrogen) atoms. The van der Waals surface area contributed by atoms with Crippen LogP contribution in [-0.2, 0) is 0 Å². The molecule has 1 aromatic rings. The maximum atomic E-state index is 11.9. The number of methoxy groups -OCH3 is 1. The van der Waals surface area contributed by atoms with E-state index >= 15 is 0 Å². The Morgan fingerprint density at radius 1 is 1.56 bits per heavy atom. The predicted octanol–water partition coefficient (Wildman–Crippen LogP) is 1.17. The molecule has 1 amide bonds. The van der Waals surface area contributed by atoms with Crippen LogP contribution in [-0.4, -0.2) is 30.8 Å². The summed E-state index contributed by atoms with van der Waals surface area (Å²) in [6.45, 7) is 2.24. The van der Waals surface area contributed by atoms with Crippen molar-refractivity contribution in [1.29, 1.82) is 0 Å². The van der Waals surface area contributed by atoms with Gasteiger partial charge in [-0.2, -0.15) is 0 Å². The fourth-order valence-electron chi connectivity index (χ4n) is 1.55. The second kappa shape index (κ2) is 6.86. The number of carbonyl (C=O) groups excluding carboxylic acids is 1. The molecule has 0 heterocycles. The van der Waals surface area contributed by atoms with Gasteiger partial charge in [-0.3, -0.25) is 4.79 Å². The fraction of sp³-hybridized carbons (Fsp3) is 0.462. The lowest BCUT2D eigenvalue weighted by molar-refractivity contribution is 0.0950. The van der Waals surface area contributed by atoms with Gasteiger partial charge in [0.2, 0.25) is 0 Å². The average molecular weight is 252 g/mol. The van der Waals surface area contributed by atoms with Gasteiger partial charge < -0.3 is 20.9 Å². The molecule has 1 aromatic carbocycles.